The van der Waals surface area contributed by atoms with Crippen LogP contribution in [0.1, 0.15) is 42.1 Å². The fraction of sp³-hybridized carbons (Fsp3) is 0.333. The molecule has 0 saturated carbocycles. The summed E-state index contributed by atoms with van der Waals surface area (Å²) in [6.45, 7) is 4.26. The fourth-order valence-corrected chi connectivity index (χ4v) is 2.58. The van der Waals surface area contributed by atoms with Crippen LogP contribution < -0.4 is 10.5 Å². The Hall–Kier alpha value is -1.87. The first-order valence-corrected chi connectivity index (χ1v) is 7.31. The predicted molar refractivity (Wildman–Crippen MR) is 84.2 cm³/mol. The number of benzene rings is 2. The predicted octanol–water partition coefficient (Wildman–Crippen LogP) is 4.01. The second kappa shape index (κ2) is 6.72. The number of ether oxygens (including phenoxy) is 1. The Kier molecular flexibility index (Phi) is 4.97. The van der Waals surface area contributed by atoms with Crippen LogP contribution >= 0.6 is 0 Å². The third-order valence-corrected chi connectivity index (χ3v) is 3.89. The average Bonchev–Trinajstić information content (AvgIpc) is 2.53. The second-order valence-corrected chi connectivity index (χ2v) is 5.10. The van der Waals surface area contributed by atoms with Gasteiger partial charge in [0.15, 0.2) is 0 Å². The highest BCUT2D eigenvalue weighted by molar-refractivity contribution is 5.40. The van der Waals surface area contributed by atoms with Crippen LogP contribution in [-0.4, -0.2) is 7.11 Å². The van der Waals surface area contributed by atoms with Crippen molar-refractivity contribution in [2.75, 3.05) is 7.11 Å². The molecule has 112 valence electrons. The Bertz CT molecular complexity index is 625. The zero-order chi connectivity index (χ0) is 15.4. The number of aryl methyl sites for hydroxylation is 2. The Morgan fingerprint density at radius 1 is 1.05 bits per heavy atom. The van der Waals surface area contributed by atoms with E-state index in [0.717, 1.165) is 18.4 Å². The van der Waals surface area contributed by atoms with Crippen molar-refractivity contribution in [1.82, 2.24) is 0 Å². The summed E-state index contributed by atoms with van der Waals surface area (Å²) < 4.78 is 19.2. The molecule has 1 unspecified atom stereocenters. The summed E-state index contributed by atoms with van der Waals surface area (Å²) in [5.41, 5.74) is 10.3. The van der Waals surface area contributed by atoms with Crippen molar-refractivity contribution in [3.05, 3.63) is 64.5 Å². The molecule has 0 bridgehead atoms. The Morgan fingerprint density at radius 2 is 1.76 bits per heavy atom. The van der Waals surface area contributed by atoms with Gasteiger partial charge in [-0.25, -0.2) is 4.39 Å². The molecular weight excluding hydrogens is 265 g/mol. The molecule has 0 saturated heterocycles. The van der Waals surface area contributed by atoms with E-state index in [4.69, 9.17) is 10.5 Å². The van der Waals surface area contributed by atoms with Gasteiger partial charge in [0.1, 0.15) is 11.6 Å². The van der Waals surface area contributed by atoms with E-state index < -0.39 is 6.04 Å². The smallest absolute Gasteiger partial charge is 0.132 e. The Balaban J connectivity index is 2.37. The van der Waals surface area contributed by atoms with Crippen LogP contribution in [0.2, 0.25) is 0 Å². The lowest BCUT2D eigenvalue weighted by molar-refractivity contribution is 0.410. The molecule has 2 aromatic rings. The van der Waals surface area contributed by atoms with Crippen LogP contribution in [0.4, 0.5) is 4.39 Å². The molecule has 2 rings (SSSR count). The van der Waals surface area contributed by atoms with E-state index in [9.17, 15) is 4.39 Å². The van der Waals surface area contributed by atoms with Gasteiger partial charge in [-0.05, 0) is 35.6 Å². The lowest BCUT2D eigenvalue weighted by Gasteiger charge is -2.16. The van der Waals surface area contributed by atoms with Gasteiger partial charge in [0.25, 0.3) is 0 Å². The molecule has 21 heavy (non-hydrogen) atoms. The van der Waals surface area contributed by atoms with Crippen molar-refractivity contribution >= 4 is 0 Å². The van der Waals surface area contributed by atoms with Gasteiger partial charge in [-0.15, -0.1) is 0 Å². The minimum atomic E-state index is -0.466. The SMILES string of the molecule is CCc1ccc(C(N)c2ccc(OC)cc2F)cc1CC. The van der Waals surface area contributed by atoms with Crippen LogP contribution in [0, 0.1) is 5.82 Å². The summed E-state index contributed by atoms with van der Waals surface area (Å²) >= 11 is 0. The third-order valence-electron chi connectivity index (χ3n) is 3.89. The highest BCUT2D eigenvalue weighted by Gasteiger charge is 2.15. The minimum absolute atomic E-state index is 0.334. The standard InChI is InChI=1S/C18H22FNO/c1-4-12-6-7-14(10-13(12)5-2)18(20)16-9-8-15(21-3)11-17(16)19/h6-11,18H,4-5,20H2,1-3H3. The first-order valence-electron chi connectivity index (χ1n) is 7.31. The normalized spacial score (nSPS) is 12.2. The molecule has 2 N–H and O–H groups in total. The molecule has 2 nitrogen and oxygen atoms in total. The molecule has 0 radical (unpaired) electrons. The van der Waals surface area contributed by atoms with Crippen molar-refractivity contribution < 1.29 is 9.13 Å². The van der Waals surface area contributed by atoms with Crippen molar-refractivity contribution in [2.24, 2.45) is 5.73 Å². The number of methoxy groups -OCH3 is 1. The fourth-order valence-electron chi connectivity index (χ4n) is 2.58. The summed E-state index contributed by atoms with van der Waals surface area (Å²) in [5, 5.41) is 0. The molecule has 0 spiro atoms. The third kappa shape index (κ3) is 3.24. The summed E-state index contributed by atoms with van der Waals surface area (Å²) in [6, 6.07) is 10.5. The van der Waals surface area contributed by atoms with E-state index in [1.54, 1.807) is 12.1 Å². The van der Waals surface area contributed by atoms with Gasteiger partial charge in [-0.2, -0.15) is 0 Å². The topological polar surface area (TPSA) is 35.2 Å². The lowest BCUT2D eigenvalue weighted by atomic mass is 9.93. The number of nitrogens with two attached hydrogens (primary N) is 1. The van der Waals surface area contributed by atoms with E-state index in [1.165, 1.54) is 24.3 Å². The summed E-state index contributed by atoms with van der Waals surface area (Å²) in [4.78, 5) is 0. The summed E-state index contributed by atoms with van der Waals surface area (Å²) in [5.74, 6) is 0.165. The van der Waals surface area contributed by atoms with Gasteiger partial charge in [-0.1, -0.05) is 38.1 Å². The van der Waals surface area contributed by atoms with E-state index in [-0.39, 0.29) is 5.82 Å². The molecule has 0 aliphatic carbocycles. The molecule has 0 aliphatic heterocycles. The van der Waals surface area contributed by atoms with Crippen molar-refractivity contribution in [2.45, 2.75) is 32.7 Å². The van der Waals surface area contributed by atoms with E-state index >= 15 is 0 Å². The van der Waals surface area contributed by atoms with E-state index in [1.807, 2.05) is 6.07 Å². The minimum Gasteiger partial charge on any atom is -0.497 e. The lowest BCUT2D eigenvalue weighted by Crippen LogP contribution is -2.14. The van der Waals surface area contributed by atoms with Gasteiger partial charge >= 0.3 is 0 Å². The highest BCUT2D eigenvalue weighted by atomic mass is 19.1. The maximum absolute atomic E-state index is 14.1. The summed E-state index contributed by atoms with van der Waals surface area (Å²) in [6.07, 6.45) is 1.95. The van der Waals surface area contributed by atoms with Crippen LogP contribution in [0.25, 0.3) is 0 Å². The molecule has 2 aromatic carbocycles. The second-order valence-electron chi connectivity index (χ2n) is 5.10. The van der Waals surface area contributed by atoms with Crippen molar-refractivity contribution in [3.8, 4) is 5.75 Å². The van der Waals surface area contributed by atoms with Crippen LogP contribution in [0.15, 0.2) is 36.4 Å². The summed E-state index contributed by atoms with van der Waals surface area (Å²) in [7, 11) is 1.52. The number of hydrogen-bond donors (Lipinski definition) is 1. The molecule has 0 heterocycles. The Morgan fingerprint density at radius 3 is 2.33 bits per heavy atom. The first-order chi connectivity index (χ1) is 10.1. The molecule has 0 fully saturated rings. The number of halogens is 1. The molecule has 0 amide bonds. The van der Waals surface area contributed by atoms with Crippen molar-refractivity contribution in [1.29, 1.82) is 0 Å². The van der Waals surface area contributed by atoms with Gasteiger partial charge in [0, 0.05) is 11.6 Å². The van der Waals surface area contributed by atoms with E-state index in [2.05, 4.69) is 26.0 Å². The maximum Gasteiger partial charge on any atom is 0.132 e. The van der Waals surface area contributed by atoms with Gasteiger partial charge in [0.2, 0.25) is 0 Å². The van der Waals surface area contributed by atoms with Crippen molar-refractivity contribution in [3.63, 3.8) is 0 Å². The van der Waals surface area contributed by atoms with Crippen LogP contribution in [0.3, 0.4) is 0 Å². The van der Waals surface area contributed by atoms with Gasteiger partial charge in [0.05, 0.1) is 13.2 Å². The molecule has 0 aliphatic rings. The highest BCUT2D eigenvalue weighted by Crippen LogP contribution is 2.27. The average molecular weight is 287 g/mol. The zero-order valence-corrected chi connectivity index (χ0v) is 12.8. The maximum atomic E-state index is 14.1. The quantitative estimate of drug-likeness (QED) is 0.902. The van der Waals surface area contributed by atoms with Crippen LogP contribution in [-0.2, 0) is 12.8 Å². The molecule has 1 atom stereocenters. The Labute approximate surface area is 125 Å². The number of hydrogen-bond acceptors (Lipinski definition) is 2. The van der Waals surface area contributed by atoms with E-state index in [0.29, 0.717) is 11.3 Å². The molecule has 0 aromatic heterocycles. The van der Waals surface area contributed by atoms with Gasteiger partial charge < -0.3 is 10.5 Å². The monoisotopic (exact) mass is 287 g/mol. The molecule has 3 heteroatoms. The van der Waals surface area contributed by atoms with Gasteiger partial charge in [-0.3, -0.25) is 0 Å². The first kappa shape index (κ1) is 15.5. The molecular formula is C18H22FNO. The van der Waals surface area contributed by atoms with Crippen LogP contribution in [0.5, 0.6) is 5.75 Å². The number of rotatable bonds is 5. The zero-order valence-electron chi connectivity index (χ0n) is 12.8. The largest absolute Gasteiger partial charge is 0.497 e.